The summed E-state index contributed by atoms with van der Waals surface area (Å²) in [5.41, 5.74) is 43.1. The fraction of sp³-hybridized carbons (Fsp3) is 0.358. The minimum Gasteiger partial charge on any atom is -0.383 e. The van der Waals surface area contributed by atoms with Crippen molar-refractivity contribution in [2.45, 2.75) is 159 Å². The number of benzene rings is 5. The first kappa shape index (κ1) is 62.0. The van der Waals surface area contributed by atoms with Gasteiger partial charge in [0.2, 0.25) is 0 Å². The van der Waals surface area contributed by atoms with E-state index in [0.717, 1.165) is 38.7 Å². The molecule has 0 aliphatic carbocycles. The van der Waals surface area contributed by atoms with Crippen molar-refractivity contribution < 1.29 is 9.05 Å². The van der Waals surface area contributed by atoms with Gasteiger partial charge in [0.05, 0.1) is 22.3 Å². The largest absolute Gasteiger partial charge is 0.383 e. The zero-order valence-electron chi connectivity index (χ0n) is 50.6. The molecule has 0 saturated heterocycles. The highest BCUT2D eigenvalue weighted by atomic mass is 16.5. The zero-order valence-corrected chi connectivity index (χ0v) is 50.6. The van der Waals surface area contributed by atoms with Crippen LogP contribution in [0, 0.1) is 13.8 Å². The lowest BCUT2D eigenvalue weighted by Gasteiger charge is -2.10. The highest BCUT2D eigenvalue weighted by molar-refractivity contribution is 5.96. The van der Waals surface area contributed by atoms with Crippen LogP contribution < -0.4 is 22.9 Å². The molecule has 81 heavy (non-hydrogen) atoms. The monoisotopic (exact) mass is 1090 g/mol. The van der Waals surface area contributed by atoms with Crippen molar-refractivity contribution in [3.8, 4) is 11.3 Å². The van der Waals surface area contributed by atoms with E-state index in [0.29, 0.717) is 76.5 Å². The molecule has 426 valence electrons. The number of aromatic nitrogens is 7. The fourth-order valence-electron chi connectivity index (χ4n) is 8.96. The summed E-state index contributed by atoms with van der Waals surface area (Å²) in [6, 6.07) is 36.0. The third-order valence-corrected chi connectivity index (χ3v) is 14.6. The predicted octanol–water partition coefficient (Wildman–Crippen LogP) is 16.9. The van der Waals surface area contributed by atoms with Crippen LogP contribution in [0.1, 0.15) is 194 Å². The lowest BCUT2D eigenvalue weighted by molar-refractivity contribution is 0.460. The Balaban J connectivity index is 0.000000157. The maximum absolute atomic E-state index is 5.73. The van der Waals surface area contributed by atoms with E-state index < -0.39 is 0 Å². The summed E-state index contributed by atoms with van der Waals surface area (Å²) in [5, 5.41) is 16.1. The van der Waals surface area contributed by atoms with Crippen molar-refractivity contribution in [3.05, 3.63) is 177 Å². The molecule has 11 rings (SSSR count). The van der Waals surface area contributed by atoms with Crippen LogP contribution in [0.4, 0.5) is 23.1 Å². The highest BCUT2D eigenvalue weighted by Gasteiger charge is 2.20. The van der Waals surface area contributed by atoms with Gasteiger partial charge >= 0.3 is 0 Å². The molecule has 9 N–H and O–H groups in total. The molecular weight excluding hydrogens is 1000 g/mol. The van der Waals surface area contributed by atoms with E-state index in [1.54, 1.807) is 12.4 Å². The van der Waals surface area contributed by atoms with Gasteiger partial charge in [-0.05, 0) is 154 Å². The maximum Gasteiger partial charge on any atom is 0.193 e. The van der Waals surface area contributed by atoms with E-state index in [4.69, 9.17) is 32.0 Å². The molecule has 14 heteroatoms. The van der Waals surface area contributed by atoms with Gasteiger partial charge in [0, 0.05) is 36.0 Å². The molecule has 10 aromatic rings. The molecule has 1 atom stereocenters. The predicted molar refractivity (Wildman–Crippen MR) is 339 cm³/mol. The van der Waals surface area contributed by atoms with Gasteiger partial charge in [0.1, 0.15) is 12.1 Å². The number of aliphatic imine (C=N–C) groups is 1. The molecule has 6 heterocycles. The van der Waals surface area contributed by atoms with Gasteiger partial charge in [-0.25, -0.2) is 15.0 Å². The number of nitrogen functional groups attached to an aromatic ring is 3. The van der Waals surface area contributed by atoms with Crippen molar-refractivity contribution in [3.63, 3.8) is 0 Å². The summed E-state index contributed by atoms with van der Waals surface area (Å²) in [7, 11) is 0. The van der Waals surface area contributed by atoms with Crippen LogP contribution in [0.3, 0.4) is 0 Å². The Hall–Kier alpha value is -8.23. The van der Waals surface area contributed by atoms with E-state index in [1.807, 2.05) is 31.2 Å². The molecule has 0 amide bonds. The van der Waals surface area contributed by atoms with Crippen LogP contribution in [-0.2, 0) is 6.54 Å². The van der Waals surface area contributed by atoms with Crippen LogP contribution in [0.2, 0.25) is 0 Å². The number of hydrogen-bond donors (Lipinski definition) is 5. The average molecular weight is 1090 g/mol. The standard InChI is InChI=1S/C13H17N.C12H14N2.C11H13N3.C11H14N2O.C11H17N.C9H11N3O/c1-8(2)11-5-6-13-12(7-11)9(3)10(4)14-13;1-9(2)10-3-5-11(6-4-10)12-7-8-13-14-12;1-7(2)8-3-4-9-10(5-8)13-6-14-11(9)12;1-6(2)8-4-7(3)10-9(5-8)14-13-11(10)12;1-8(2)10-4-5-11(7-12)9(3)6-10;1-5(2)6-3-7-8(11-4-6)9(10)12-13-7/h5-9H,1-4H3;3-9H,1-2H3,(H,13,14);3-7H,1-2H3,(H2,12,13,14);4-6H,1-3H3,(H2,12,13);4-6,8H,7,12H2,1-3H3;3-5H,1-2H3,(H2,10,12). The Labute approximate surface area is 479 Å². The van der Waals surface area contributed by atoms with Crippen LogP contribution >= 0.6 is 0 Å². The molecule has 14 nitrogen and oxygen atoms in total. The number of aromatic amines is 1. The number of H-pyrrole nitrogens is 1. The summed E-state index contributed by atoms with van der Waals surface area (Å²) in [4.78, 5) is 16.9. The Morgan fingerprint density at radius 1 is 0.531 bits per heavy atom. The van der Waals surface area contributed by atoms with Gasteiger partial charge in [-0.15, -0.1) is 0 Å². The molecule has 1 aliphatic rings. The second-order valence-corrected chi connectivity index (χ2v) is 22.7. The van der Waals surface area contributed by atoms with Gasteiger partial charge in [0.25, 0.3) is 0 Å². The summed E-state index contributed by atoms with van der Waals surface area (Å²) in [6.07, 6.45) is 5.08. The average Bonchev–Trinajstić information content (AvgIpc) is 4.29. The summed E-state index contributed by atoms with van der Waals surface area (Å²) >= 11 is 0. The summed E-state index contributed by atoms with van der Waals surface area (Å²) in [5.74, 6) is 5.12. The molecule has 0 spiro atoms. The van der Waals surface area contributed by atoms with Gasteiger partial charge < -0.3 is 32.0 Å². The van der Waals surface area contributed by atoms with Crippen molar-refractivity contribution in [2.24, 2.45) is 10.7 Å². The maximum atomic E-state index is 5.73. The molecule has 0 fully saturated rings. The SMILES string of the molecule is CC(C)c1ccc(-c2ccn[nH]2)cc1.CC(C)c1ccc2c(N)ncnc2c1.CC(C)c1cnc2c(N)noc2c1.CC1=Nc2ccc(C(C)C)cc2C1C.Cc1cc(C(C)C)cc2onc(N)c12.Cc1cc(C(C)C)ccc1CN. The normalized spacial score (nSPS) is 12.6. The Kier molecular flexibility index (Phi) is 21.6. The number of anilines is 3. The molecular formula is C67H86N12O2. The second kappa shape index (κ2) is 28.3. The number of hydrogen-bond acceptors (Lipinski definition) is 13. The number of nitrogens with zero attached hydrogens (tertiary/aromatic N) is 7. The van der Waals surface area contributed by atoms with E-state index >= 15 is 0 Å². The quantitative estimate of drug-likeness (QED) is 0.0955. The smallest absolute Gasteiger partial charge is 0.193 e. The van der Waals surface area contributed by atoms with E-state index in [2.05, 4.69) is 223 Å². The summed E-state index contributed by atoms with van der Waals surface area (Å²) in [6.45, 7) is 35.2. The van der Waals surface area contributed by atoms with E-state index in [-0.39, 0.29) is 0 Å². The minimum atomic E-state index is 0.352. The fourth-order valence-corrected chi connectivity index (χ4v) is 8.96. The van der Waals surface area contributed by atoms with Crippen molar-refractivity contribution in [2.75, 3.05) is 17.2 Å². The Bertz CT molecular complexity index is 3640. The van der Waals surface area contributed by atoms with Gasteiger partial charge in [0.15, 0.2) is 28.3 Å². The van der Waals surface area contributed by atoms with E-state index in [9.17, 15) is 0 Å². The Morgan fingerprint density at radius 3 is 1.69 bits per heavy atom. The molecule has 5 aromatic carbocycles. The Morgan fingerprint density at radius 2 is 1.09 bits per heavy atom. The van der Waals surface area contributed by atoms with Crippen molar-refractivity contribution in [1.29, 1.82) is 0 Å². The van der Waals surface area contributed by atoms with Crippen LogP contribution in [0.5, 0.6) is 0 Å². The van der Waals surface area contributed by atoms with Crippen molar-refractivity contribution in [1.82, 2.24) is 35.5 Å². The third kappa shape index (κ3) is 16.2. The van der Waals surface area contributed by atoms with Gasteiger partial charge in [-0.2, -0.15) is 5.10 Å². The zero-order chi connectivity index (χ0) is 59.2. The van der Waals surface area contributed by atoms with Crippen LogP contribution in [0.25, 0.3) is 44.2 Å². The molecule has 1 unspecified atom stereocenters. The summed E-state index contributed by atoms with van der Waals surface area (Å²) < 4.78 is 10.1. The minimum absolute atomic E-state index is 0.352. The number of nitrogens with one attached hydrogen (secondary N) is 1. The van der Waals surface area contributed by atoms with Crippen LogP contribution in [0.15, 0.2) is 136 Å². The molecule has 0 saturated carbocycles. The first-order valence-electron chi connectivity index (χ1n) is 28.2. The molecule has 0 bridgehead atoms. The molecule has 0 radical (unpaired) electrons. The number of rotatable bonds is 8. The van der Waals surface area contributed by atoms with Crippen LogP contribution in [-0.4, -0.2) is 41.2 Å². The van der Waals surface area contributed by atoms with E-state index in [1.165, 1.54) is 67.8 Å². The molecule has 5 aromatic heterocycles. The first-order valence-corrected chi connectivity index (χ1v) is 28.2. The topological polar surface area (TPSA) is 236 Å². The van der Waals surface area contributed by atoms with Gasteiger partial charge in [-0.3, -0.25) is 10.1 Å². The highest BCUT2D eigenvalue weighted by Crippen LogP contribution is 2.37. The molecule has 1 aliphatic heterocycles. The first-order chi connectivity index (χ1) is 38.5. The lowest BCUT2D eigenvalue weighted by Crippen LogP contribution is -2.00. The number of aryl methyl sites for hydroxylation is 2. The number of pyridine rings is 1. The lowest BCUT2D eigenvalue weighted by atomic mass is 9.93. The second-order valence-electron chi connectivity index (χ2n) is 22.7. The number of nitrogens with two attached hydrogens (primary N) is 4. The van der Waals surface area contributed by atoms with Crippen molar-refractivity contribution >= 4 is 61.8 Å². The third-order valence-electron chi connectivity index (χ3n) is 14.6. The van der Waals surface area contributed by atoms with Gasteiger partial charge in [-0.1, -0.05) is 167 Å². The number of fused-ring (bicyclic) bond motifs is 4.